The minimum absolute atomic E-state index is 0.0397. The first-order valence-electron chi connectivity index (χ1n) is 23.1. The second-order valence-electron chi connectivity index (χ2n) is 19.4. The molecule has 5 N–H and O–H groups in total. The number of imide groups is 1. The number of nitrogens with zero attached hydrogens (tertiary/aromatic N) is 1. The van der Waals surface area contributed by atoms with E-state index >= 15 is 4.39 Å². The van der Waals surface area contributed by atoms with Crippen LogP contribution in [0.3, 0.4) is 0 Å². The van der Waals surface area contributed by atoms with Gasteiger partial charge in [-0.25, -0.2) is 4.39 Å². The molecule has 358 valence electrons. The summed E-state index contributed by atoms with van der Waals surface area (Å²) >= 11 is 12.9. The highest BCUT2D eigenvalue weighted by molar-refractivity contribution is 6.31. The summed E-state index contributed by atoms with van der Waals surface area (Å²) in [7, 11) is 1.46. The van der Waals surface area contributed by atoms with Gasteiger partial charge in [0.05, 0.1) is 37.1 Å². The largest absolute Gasteiger partial charge is 0.495 e. The van der Waals surface area contributed by atoms with Crippen LogP contribution in [0.15, 0.2) is 83.9 Å². The maximum absolute atomic E-state index is 16.3. The second kappa shape index (κ2) is 19.3. The molecule has 9 rings (SSSR count). The number of nitrogens with one attached hydrogen (secondary N) is 5. The Morgan fingerprint density at radius 1 is 0.986 bits per heavy atom. The first kappa shape index (κ1) is 47.8. The van der Waals surface area contributed by atoms with E-state index in [-0.39, 0.29) is 65.9 Å². The first-order chi connectivity index (χ1) is 33.1. The van der Waals surface area contributed by atoms with Crippen molar-refractivity contribution < 1.29 is 37.8 Å². The molecule has 16 heteroatoms. The van der Waals surface area contributed by atoms with Crippen molar-refractivity contribution in [2.24, 2.45) is 5.41 Å². The fourth-order valence-corrected chi connectivity index (χ4v) is 11.0. The summed E-state index contributed by atoms with van der Waals surface area (Å²) in [5.74, 6) is 3.64. The molecule has 2 saturated heterocycles. The van der Waals surface area contributed by atoms with Gasteiger partial charge in [0.2, 0.25) is 17.7 Å². The quantitative estimate of drug-likeness (QED) is 0.0837. The highest BCUT2D eigenvalue weighted by atomic mass is 35.5. The highest BCUT2D eigenvalue weighted by Crippen LogP contribution is 2.57. The Bertz CT molecular complexity index is 2890. The minimum Gasteiger partial charge on any atom is -0.495 e. The van der Waals surface area contributed by atoms with Crippen LogP contribution in [0.1, 0.15) is 102 Å². The van der Waals surface area contributed by atoms with Gasteiger partial charge in [0.25, 0.3) is 11.8 Å². The van der Waals surface area contributed by atoms with Crippen molar-refractivity contribution >= 4 is 64.1 Å². The summed E-state index contributed by atoms with van der Waals surface area (Å²) in [4.78, 5) is 67.9. The molecule has 0 bridgehead atoms. The summed E-state index contributed by atoms with van der Waals surface area (Å²) in [6.07, 6.45) is 2.14. The molecule has 5 aliphatic heterocycles. The molecule has 5 atom stereocenters. The first-order valence-corrected chi connectivity index (χ1v) is 23.9. The van der Waals surface area contributed by atoms with Crippen molar-refractivity contribution in [2.75, 3.05) is 44.0 Å². The maximum atomic E-state index is 16.3. The lowest BCUT2D eigenvalue weighted by Gasteiger charge is -2.39. The van der Waals surface area contributed by atoms with E-state index in [9.17, 15) is 24.0 Å². The van der Waals surface area contributed by atoms with Gasteiger partial charge in [-0.05, 0) is 95.5 Å². The smallest absolute Gasteiger partial charge is 0.255 e. The SMILES string of the molecule is COc1cc(C(=O)NCC2=C(C#Cc3cccc4c3CN(C3CCC(=O)NC3=O)C4=O)CCOCC2)ccc1NC(=O)[C@@H]1N[C@@H](CC(C)(C)C)[C@@]2(CNc3cc(Cl)ccc32)[C@H]1c1cccc(Cl)c1F. The summed E-state index contributed by atoms with van der Waals surface area (Å²) in [5.41, 5.74) is 5.32. The van der Waals surface area contributed by atoms with Crippen LogP contribution in [0.25, 0.3) is 0 Å². The fraction of sp³-hybridized carbons (Fsp3) is 0.377. The number of carbonyl (C=O) groups excluding carboxylic acids is 5. The van der Waals surface area contributed by atoms with Gasteiger partial charge >= 0.3 is 0 Å². The Morgan fingerprint density at radius 3 is 2.57 bits per heavy atom. The molecular formula is C53H53Cl2FN6O7. The van der Waals surface area contributed by atoms with E-state index in [1.807, 2.05) is 24.3 Å². The molecule has 0 aromatic heterocycles. The monoisotopic (exact) mass is 974 g/mol. The zero-order chi connectivity index (χ0) is 48.8. The molecule has 5 amide bonds. The van der Waals surface area contributed by atoms with Crippen molar-refractivity contribution in [3.63, 3.8) is 0 Å². The van der Waals surface area contributed by atoms with Crippen molar-refractivity contribution in [1.29, 1.82) is 0 Å². The van der Waals surface area contributed by atoms with Crippen LogP contribution in [-0.2, 0) is 31.1 Å². The fourth-order valence-electron chi connectivity index (χ4n) is 10.7. The molecule has 5 aliphatic rings. The third-order valence-corrected chi connectivity index (χ3v) is 14.5. The molecule has 0 radical (unpaired) electrons. The Morgan fingerprint density at radius 2 is 1.78 bits per heavy atom. The van der Waals surface area contributed by atoms with Gasteiger partial charge in [0.15, 0.2) is 0 Å². The molecule has 4 aromatic rings. The Labute approximate surface area is 410 Å². The number of rotatable bonds is 9. The van der Waals surface area contributed by atoms with Gasteiger partial charge in [-0.1, -0.05) is 80.1 Å². The molecule has 69 heavy (non-hydrogen) atoms. The second-order valence-corrected chi connectivity index (χ2v) is 20.3. The number of carbonyl (C=O) groups is 5. The number of halogens is 3. The topological polar surface area (TPSA) is 167 Å². The number of methoxy groups -OCH3 is 1. The highest BCUT2D eigenvalue weighted by Gasteiger charge is 2.61. The number of piperidine rings is 1. The van der Waals surface area contributed by atoms with Gasteiger partial charge in [0, 0.05) is 82.8 Å². The molecule has 0 aliphatic carbocycles. The number of amides is 5. The third kappa shape index (κ3) is 9.33. The number of anilines is 2. The van der Waals surface area contributed by atoms with Crippen LogP contribution < -0.4 is 31.3 Å². The summed E-state index contributed by atoms with van der Waals surface area (Å²) < 4.78 is 27.9. The van der Waals surface area contributed by atoms with Gasteiger partial charge in [0.1, 0.15) is 17.6 Å². The van der Waals surface area contributed by atoms with Crippen LogP contribution in [0.5, 0.6) is 5.75 Å². The van der Waals surface area contributed by atoms with Crippen molar-refractivity contribution in [2.45, 2.75) is 88.9 Å². The van der Waals surface area contributed by atoms with Crippen LogP contribution >= 0.6 is 23.2 Å². The number of hydrogen-bond acceptors (Lipinski definition) is 9. The predicted molar refractivity (Wildman–Crippen MR) is 261 cm³/mol. The van der Waals surface area contributed by atoms with Crippen molar-refractivity contribution in [1.82, 2.24) is 20.9 Å². The molecule has 4 aromatic carbocycles. The Kier molecular flexibility index (Phi) is 13.4. The standard InChI is InChI=1S/C53H53Cl2FN6O7/c1-52(2,3)25-43-53(28-58-40-24-33(54)14-15-37(40)53)45(35-9-6-10-38(55)46(35)56)47(60-43)50(66)59-39-16-13-31(23-42(39)68-4)48(64)57-26-32-20-22-69-21-19-29(32)11-12-30-7-5-8-34-36(30)27-62(51(34)67)41-17-18-44(63)61-49(41)65/h5-10,13-16,23-24,41,43,45,47,58,60H,17-22,25-28H2,1-4H3,(H,57,64)(H,59,66)(H,61,63,65)/t41?,43-,45-,47+,53-/m0/s1. The van der Waals surface area contributed by atoms with E-state index < -0.39 is 41.0 Å². The molecule has 5 heterocycles. The predicted octanol–water partition coefficient (Wildman–Crippen LogP) is 7.65. The molecule has 13 nitrogen and oxygen atoms in total. The van der Waals surface area contributed by atoms with Crippen LogP contribution in [0.2, 0.25) is 10.0 Å². The van der Waals surface area contributed by atoms with E-state index in [4.69, 9.17) is 32.7 Å². The lowest BCUT2D eigenvalue weighted by atomic mass is 9.63. The summed E-state index contributed by atoms with van der Waals surface area (Å²) in [5, 5.41) is 16.1. The molecule has 0 saturated carbocycles. The van der Waals surface area contributed by atoms with Crippen LogP contribution in [0.4, 0.5) is 15.8 Å². The maximum Gasteiger partial charge on any atom is 0.255 e. The van der Waals surface area contributed by atoms with E-state index in [2.05, 4.69) is 59.2 Å². The molecule has 2 fully saturated rings. The van der Waals surface area contributed by atoms with E-state index in [0.29, 0.717) is 72.0 Å². The zero-order valence-corrected chi connectivity index (χ0v) is 40.3. The zero-order valence-electron chi connectivity index (χ0n) is 38.7. The average Bonchev–Trinajstić information content (AvgIpc) is 3.89. The van der Waals surface area contributed by atoms with E-state index in [1.165, 1.54) is 18.1 Å². The third-order valence-electron chi connectivity index (χ3n) is 13.9. The number of benzene rings is 4. The van der Waals surface area contributed by atoms with Gasteiger partial charge in [-0.15, -0.1) is 0 Å². The summed E-state index contributed by atoms with van der Waals surface area (Å²) in [6.45, 7) is 8.12. The molecule has 1 unspecified atom stereocenters. The van der Waals surface area contributed by atoms with Crippen LogP contribution in [0, 0.1) is 23.1 Å². The van der Waals surface area contributed by atoms with Gasteiger partial charge in [-0.3, -0.25) is 29.3 Å². The van der Waals surface area contributed by atoms with Gasteiger partial charge in [-0.2, -0.15) is 0 Å². The Balaban J connectivity index is 0.942. The van der Waals surface area contributed by atoms with Crippen molar-refractivity contribution in [3.8, 4) is 17.6 Å². The number of hydrogen-bond donors (Lipinski definition) is 5. The van der Waals surface area contributed by atoms with Crippen molar-refractivity contribution in [3.05, 3.63) is 133 Å². The lowest BCUT2D eigenvalue weighted by Crippen LogP contribution is -2.52. The lowest BCUT2D eigenvalue weighted by molar-refractivity contribution is -0.137. The summed E-state index contributed by atoms with van der Waals surface area (Å²) in [6, 6.07) is 18.7. The molecular weight excluding hydrogens is 923 g/mol. The average molecular weight is 976 g/mol. The number of ether oxygens (including phenoxy) is 2. The normalized spacial score (nSPS) is 23.1. The van der Waals surface area contributed by atoms with Crippen LogP contribution in [-0.4, -0.2) is 86.0 Å². The number of fused-ring (bicyclic) bond motifs is 3. The minimum atomic E-state index is -0.923. The molecule has 1 spiro atoms. The van der Waals surface area contributed by atoms with E-state index in [1.54, 1.807) is 42.5 Å². The Hall–Kier alpha value is -6.24. The van der Waals surface area contributed by atoms with Gasteiger partial charge < -0.3 is 35.6 Å². The van der Waals surface area contributed by atoms with E-state index in [0.717, 1.165) is 28.0 Å².